The summed E-state index contributed by atoms with van der Waals surface area (Å²) >= 11 is 0. The van der Waals surface area contributed by atoms with Gasteiger partial charge in [-0.2, -0.15) is 0 Å². The number of hydrogen-bond donors (Lipinski definition) is 2. The predicted octanol–water partition coefficient (Wildman–Crippen LogP) is 4.75. The topological polar surface area (TPSA) is 77.3 Å². The Kier molecular flexibility index (Phi) is 8.13. The lowest BCUT2D eigenvalue weighted by Crippen LogP contribution is -2.47. The Morgan fingerprint density at radius 3 is 2.63 bits per heavy atom. The zero-order valence-corrected chi connectivity index (χ0v) is 22.7. The Bertz CT molecular complexity index is 1260. The normalized spacial score (nSPS) is 22.3. The van der Waals surface area contributed by atoms with E-state index in [1.54, 1.807) is 0 Å². The average Bonchev–Trinajstić information content (AvgIpc) is 3.77. The summed E-state index contributed by atoms with van der Waals surface area (Å²) in [5, 5.41) is 7.11. The number of rotatable bonds is 9. The molecule has 2 heterocycles. The molecule has 1 aromatic heterocycles. The van der Waals surface area contributed by atoms with Crippen molar-refractivity contribution >= 4 is 25.0 Å². The van der Waals surface area contributed by atoms with Gasteiger partial charge in [-0.05, 0) is 73.9 Å². The van der Waals surface area contributed by atoms with Gasteiger partial charge in [0.15, 0.2) is 0 Å². The third-order valence-corrected chi connectivity index (χ3v) is 7.98. The van der Waals surface area contributed by atoms with Crippen LogP contribution >= 0.6 is 0 Å². The molecule has 0 radical (unpaired) electrons. The highest BCUT2D eigenvalue weighted by Crippen LogP contribution is 2.43. The van der Waals surface area contributed by atoms with Gasteiger partial charge in [-0.15, -0.1) is 0 Å². The van der Waals surface area contributed by atoms with Gasteiger partial charge in [-0.25, -0.2) is 4.99 Å². The number of aromatic nitrogens is 1. The Labute approximate surface area is 226 Å². The van der Waals surface area contributed by atoms with E-state index >= 15 is 0 Å². The molecule has 5 rings (SSSR count). The second kappa shape index (κ2) is 11.9. The highest BCUT2D eigenvalue weighted by molar-refractivity contribution is 6.04. The first-order valence-electron chi connectivity index (χ1n) is 13.8. The summed E-state index contributed by atoms with van der Waals surface area (Å²) in [6, 6.07) is 8.99. The van der Waals surface area contributed by atoms with Crippen molar-refractivity contribution in [3.8, 4) is 0 Å². The van der Waals surface area contributed by atoms with Crippen molar-refractivity contribution in [2.75, 3.05) is 32.7 Å². The molecule has 2 aromatic rings. The van der Waals surface area contributed by atoms with Crippen LogP contribution in [0, 0.1) is 0 Å². The minimum absolute atomic E-state index is 0.293. The zero-order chi connectivity index (χ0) is 26.5. The van der Waals surface area contributed by atoms with Crippen LogP contribution in [0.2, 0.25) is 0 Å². The molecule has 1 aliphatic heterocycles. The van der Waals surface area contributed by atoms with Crippen molar-refractivity contribution < 1.29 is 0 Å². The van der Waals surface area contributed by atoms with E-state index in [-0.39, 0.29) is 0 Å². The van der Waals surface area contributed by atoms with Crippen LogP contribution in [0.15, 0.2) is 75.2 Å². The molecule has 2 fully saturated rings. The maximum absolute atomic E-state index is 5.23. The maximum atomic E-state index is 5.23. The lowest BCUT2D eigenvalue weighted by Gasteiger charge is -2.32. The molecule has 3 aliphatic rings. The summed E-state index contributed by atoms with van der Waals surface area (Å²) in [6.45, 7) is 16.3. The summed E-state index contributed by atoms with van der Waals surface area (Å²) in [5.74, 6) is 2.73. The summed E-state index contributed by atoms with van der Waals surface area (Å²) < 4.78 is 0. The van der Waals surface area contributed by atoms with Crippen molar-refractivity contribution in [2.24, 2.45) is 15.0 Å². The number of allylic oxidation sites excluding steroid dienone is 1. The van der Waals surface area contributed by atoms with E-state index in [9.17, 15) is 0 Å². The minimum atomic E-state index is 0.293. The van der Waals surface area contributed by atoms with Crippen LogP contribution in [0.25, 0.3) is 0 Å². The molecule has 1 saturated carbocycles. The number of pyridine rings is 1. The van der Waals surface area contributed by atoms with Crippen LogP contribution in [0.5, 0.6) is 0 Å². The Hall–Kier alpha value is -3.58. The molecule has 1 saturated heterocycles. The summed E-state index contributed by atoms with van der Waals surface area (Å²) in [7, 11) is 0. The van der Waals surface area contributed by atoms with Crippen LogP contribution < -0.4 is 10.6 Å². The summed E-state index contributed by atoms with van der Waals surface area (Å²) in [4.78, 5) is 20.8. The fraction of sp³-hybridized carbons (Fsp3) is 0.419. The first kappa shape index (κ1) is 26.0. The molecule has 38 heavy (non-hydrogen) atoms. The number of amidine groups is 1. The van der Waals surface area contributed by atoms with Crippen LogP contribution in [0.3, 0.4) is 0 Å². The van der Waals surface area contributed by atoms with Gasteiger partial charge in [0.2, 0.25) is 0 Å². The van der Waals surface area contributed by atoms with E-state index in [1.807, 2.05) is 12.4 Å². The van der Waals surface area contributed by atoms with Gasteiger partial charge >= 0.3 is 0 Å². The van der Waals surface area contributed by atoms with Gasteiger partial charge in [0.05, 0.1) is 18.4 Å². The third-order valence-electron chi connectivity index (χ3n) is 7.98. The van der Waals surface area contributed by atoms with E-state index in [4.69, 9.17) is 4.99 Å². The molecular weight excluding hydrogens is 470 g/mol. The van der Waals surface area contributed by atoms with Gasteiger partial charge in [0.25, 0.3) is 0 Å². The van der Waals surface area contributed by atoms with E-state index in [1.165, 1.54) is 29.5 Å². The van der Waals surface area contributed by atoms with Crippen molar-refractivity contribution in [3.05, 3.63) is 82.5 Å². The van der Waals surface area contributed by atoms with Crippen molar-refractivity contribution in [1.29, 1.82) is 0 Å². The number of nitrogens with zero attached hydrogens (tertiary/aromatic N) is 5. The second-order valence-corrected chi connectivity index (χ2v) is 10.4. The molecule has 2 atom stereocenters. The van der Waals surface area contributed by atoms with Gasteiger partial charge < -0.3 is 15.5 Å². The fourth-order valence-corrected chi connectivity index (χ4v) is 5.60. The van der Waals surface area contributed by atoms with Crippen molar-refractivity contribution in [3.63, 3.8) is 0 Å². The lowest BCUT2D eigenvalue weighted by atomic mass is 10.0. The van der Waals surface area contributed by atoms with E-state index in [2.05, 4.69) is 94.2 Å². The van der Waals surface area contributed by atoms with Gasteiger partial charge in [-0.1, -0.05) is 37.3 Å². The van der Waals surface area contributed by atoms with E-state index in [0.29, 0.717) is 24.4 Å². The van der Waals surface area contributed by atoms with Crippen LogP contribution in [-0.2, 0) is 6.42 Å². The number of piperazine rings is 1. The molecule has 0 bridgehead atoms. The maximum Gasteiger partial charge on any atom is 0.133 e. The predicted molar refractivity (Wildman–Crippen MR) is 158 cm³/mol. The number of nitrogens with one attached hydrogen (secondary N) is 2. The number of aliphatic imine (C=N–C) groups is 3. The second-order valence-electron chi connectivity index (χ2n) is 10.4. The highest BCUT2D eigenvalue weighted by atomic mass is 15.2. The summed E-state index contributed by atoms with van der Waals surface area (Å²) in [5.41, 5.74) is 7.07. The molecule has 0 spiro atoms. The van der Waals surface area contributed by atoms with Gasteiger partial charge in [-0.3, -0.25) is 15.0 Å². The molecule has 2 N–H and O–H groups in total. The van der Waals surface area contributed by atoms with Crippen LogP contribution in [0.4, 0.5) is 5.69 Å². The molecule has 7 heteroatoms. The first-order chi connectivity index (χ1) is 18.6. The summed E-state index contributed by atoms with van der Waals surface area (Å²) in [6.07, 6.45) is 11.4. The SMILES string of the molecule is C=N/C(=C\C(=C/C)CN=C(c1c(N=C)cncc1C1CC1)N1CCNCC1)NC1Cc2ccccc2[C@@H]1C. The molecule has 198 valence electrons. The molecule has 0 amide bonds. The molecule has 2 aliphatic carbocycles. The van der Waals surface area contributed by atoms with Crippen LogP contribution in [-0.4, -0.2) is 67.9 Å². The lowest BCUT2D eigenvalue weighted by molar-refractivity contribution is 0.357. The molecule has 7 nitrogen and oxygen atoms in total. The molecule has 1 aromatic carbocycles. The van der Waals surface area contributed by atoms with Crippen molar-refractivity contribution in [2.45, 2.75) is 51.0 Å². The monoisotopic (exact) mass is 509 g/mol. The standard InChI is InChI=1S/C31H39N7/c1-5-22(16-29(33-4)37-27-17-24-8-6-7-9-25(24)21(27)2)18-36-31(38-14-12-34-13-15-38)30-26(23-10-11-23)19-35-20-28(30)32-3/h5-9,16,19-21,23,27,34,37H,3-4,10-15,17-18H2,1-2H3/b22-5+,29-16+,36-31?/t21-,27?/m0/s1. The van der Waals surface area contributed by atoms with Gasteiger partial charge in [0.1, 0.15) is 11.7 Å². The number of benzene rings is 1. The minimum Gasteiger partial charge on any atom is -0.366 e. The van der Waals surface area contributed by atoms with E-state index in [0.717, 1.165) is 61.1 Å². The third kappa shape index (κ3) is 5.63. The highest BCUT2D eigenvalue weighted by Gasteiger charge is 2.31. The number of fused-ring (bicyclic) bond motifs is 1. The van der Waals surface area contributed by atoms with Gasteiger partial charge in [0, 0.05) is 49.9 Å². The quantitative estimate of drug-likeness (QED) is 0.291. The Morgan fingerprint density at radius 2 is 1.95 bits per heavy atom. The molecule has 1 unspecified atom stereocenters. The number of hydrogen-bond acceptors (Lipinski definition) is 6. The molecular formula is C31H39N7. The van der Waals surface area contributed by atoms with Crippen LogP contribution in [0.1, 0.15) is 60.8 Å². The first-order valence-corrected chi connectivity index (χ1v) is 13.8. The Morgan fingerprint density at radius 1 is 1.16 bits per heavy atom. The average molecular weight is 510 g/mol. The Balaban J connectivity index is 1.41. The zero-order valence-electron chi connectivity index (χ0n) is 22.7. The smallest absolute Gasteiger partial charge is 0.133 e. The van der Waals surface area contributed by atoms with E-state index < -0.39 is 0 Å². The fourth-order valence-electron chi connectivity index (χ4n) is 5.60. The van der Waals surface area contributed by atoms with Crippen molar-refractivity contribution in [1.82, 2.24) is 20.5 Å². The largest absolute Gasteiger partial charge is 0.366 e.